The number of aryl methyl sites for hydroxylation is 1. The Labute approximate surface area is 543 Å². The lowest BCUT2D eigenvalue weighted by Gasteiger charge is -2.42. The van der Waals surface area contributed by atoms with Gasteiger partial charge in [-0.3, -0.25) is 29.9 Å². The van der Waals surface area contributed by atoms with Crippen LogP contribution in [0.3, 0.4) is 0 Å². The maximum absolute atomic E-state index is 14.4. The zero-order valence-electron chi connectivity index (χ0n) is 54.7. The van der Waals surface area contributed by atoms with Crippen molar-refractivity contribution in [3.63, 3.8) is 0 Å². The molecule has 4 bridgehead atoms. The number of rotatable bonds is 35. The molecule has 0 aliphatic carbocycles. The summed E-state index contributed by atoms with van der Waals surface area (Å²) in [5.74, 6) is -2.77. The summed E-state index contributed by atoms with van der Waals surface area (Å²) in [5.41, 5.74) is 4.01. The van der Waals surface area contributed by atoms with Crippen molar-refractivity contribution in [2.24, 2.45) is 5.92 Å². The Balaban J connectivity index is 0.821. The number of para-hydroxylation sites is 1. The van der Waals surface area contributed by atoms with Gasteiger partial charge in [-0.1, -0.05) is 60.5 Å². The number of aliphatic hydroxyl groups excluding tert-OH is 1. The number of anilines is 1. The van der Waals surface area contributed by atoms with E-state index in [1.807, 2.05) is 56.4 Å². The lowest BCUT2D eigenvalue weighted by atomic mass is 9.83. The Morgan fingerprint density at radius 3 is 2.15 bits per heavy atom. The van der Waals surface area contributed by atoms with Gasteiger partial charge in [0.05, 0.1) is 124 Å². The molecular weight excluding hydrogens is 1220 g/mol. The van der Waals surface area contributed by atoms with Crippen LogP contribution in [0.2, 0.25) is 5.02 Å². The van der Waals surface area contributed by atoms with Crippen molar-refractivity contribution in [2.75, 3.05) is 140 Å². The predicted molar refractivity (Wildman–Crippen MR) is 340 cm³/mol. The standard InChI is InChI=1S/C64H95ClN8O19/c1-42-14-13-17-53(83-10)64(81)39-52(90-62(80)69-64)43(2)59-63(4,92-59)54(38-57(77)72(8)50-35-45(34-42)36-51(82-9)58(50)65)91-61(79)44(3)71(7)56(76)19-22-84-24-26-86-28-30-88-32-33-89-31-29-87-27-25-85-23-20-67-60(78)48(41-74)68-55(75)18-21-73-47(40-70(6)66-5)37-46-15-11-12-16-49(46)73/h11-17,35-37,43-44,48,52-54,59,66,74,81H,18-34,38-41H2,1-10H3,(H,67,78)(H,68,75)(H,69,80)/b17-13+,42-14+/t43-,44+,48+,52+,53-,54+,59?,63+,64+/m1/s1. The molecule has 3 aliphatic rings. The molecule has 0 spiro atoms. The number of hydrogen-bond acceptors (Lipinski definition) is 21. The van der Waals surface area contributed by atoms with Gasteiger partial charge in [-0.2, -0.15) is 0 Å². The number of methoxy groups -OCH3 is 2. The van der Waals surface area contributed by atoms with Crippen LogP contribution >= 0.6 is 11.6 Å². The van der Waals surface area contributed by atoms with Gasteiger partial charge in [-0.05, 0) is 69.5 Å². The monoisotopic (exact) mass is 1310 g/mol. The minimum absolute atomic E-state index is 0.0474. The summed E-state index contributed by atoms with van der Waals surface area (Å²) in [5, 5.41) is 32.7. The average molecular weight is 1320 g/mol. The van der Waals surface area contributed by atoms with Crippen molar-refractivity contribution in [3.05, 3.63) is 82.5 Å². The molecule has 3 aliphatic heterocycles. The molecule has 6 rings (SSSR count). The van der Waals surface area contributed by atoms with E-state index < -0.39 is 90.1 Å². The summed E-state index contributed by atoms with van der Waals surface area (Å²) >= 11 is 6.82. The number of fused-ring (bicyclic) bond motifs is 6. The van der Waals surface area contributed by atoms with Crippen LogP contribution in [0.25, 0.3) is 10.9 Å². The quantitative estimate of drug-likeness (QED) is 0.0213. The Kier molecular flexibility index (Phi) is 30.0. The normalized spacial score (nSPS) is 23.3. The first-order valence-electron chi connectivity index (χ1n) is 31.0. The summed E-state index contributed by atoms with van der Waals surface area (Å²) in [6, 6.07) is 11.4. The van der Waals surface area contributed by atoms with Crippen LogP contribution < -0.4 is 31.0 Å². The van der Waals surface area contributed by atoms with Crippen LogP contribution in [0.4, 0.5) is 10.5 Å². The number of carbonyl (C=O) groups is 6. The van der Waals surface area contributed by atoms with Crippen molar-refractivity contribution >= 4 is 63.9 Å². The van der Waals surface area contributed by atoms with Crippen molar-refractivity contribution in [2.45, 2.75) is 121 Å². The van der Waals surface area contributed by atoms with E-state index >= 15 is 0 Å². The van der Waals surface area contributed by atoms with Crippen molar-refractivity contribution < 1.29 is 91.1 Å². The first-order valence-corrected chi connectivity index (χ1v) is 31.4. The number of aliphatic hydroxyl groups is 2. The molecule has 3 aromatic rings. The molecule has 2 fully saturated rings. The molecule has 0 radical (unpaired) electrons. The number of hydrazine groups is 1. The number of amides is 5. The van der Waals surface area contributed by atoms with E-state index in [4.69, 9.17) is 63.7 Å². The molecule has 9 atom stereocenters. The van der Waals surface area contributed by atoms with Crippen LogP contribution in [0.15, 0.2) is 66.3 Å². The summed E-state index contributed by atoms with van der Waals surface area (Å²) < 4.78 is 65.0. The Hall–Kier alpha value is -6.31. The zero-order valence-corrected chi connectivity index (χ0v) is 55.4. The number of alkyl carbamates (subject to hydrolysis) is 1. The van der Waals surface area contributed by atoms with E-state index in [2.05, 4.69) is 32.0 Å². The first kappa shape index (κ1) is 74.7. The summed E-state index contributed by atoms with van der Waals surface area (Å²) in [7, 11) is 9.69. The van der Waals surface area contributed by atoms with Crippen molar-refractivity contribution in [3.8, 4) is 5.75 Å². The largest absolute Gasteiger partial charge is 0.495 e. The van der Waals surface area contributed by atoms with Gasteiger partial charge in [0.15, 0.2) is 5.72 Å². The average Bonchev–Trinajstić information content (AvgIpc) is 1.56. The van der Waals surface area contributed by atoms with Gasteiger partial charge in [0.2, 0.25) is 23.6 Å². The van der Waals surface area contributed by atoms with E-state index in [0.29, 0.717) is 83.8 Å². The number of ether oxygens (including phenoxy) is 11. The summed E-state index contributed by atoms with van der Waals surface area (Å²) in [4.78, 5) is 82.9. The van der Waals surface area contributed by atoms with Crippen molar-refractivity contribution in [1.82, 2.24) is 35.9 Å². The summed E-state index contributed by atoms with van der Waals surface area (Å²) in [6.45, 7) is 10.9. The summed E-state index contributed by atoms with van der Waals surface area (Å²) in [6.07, 6.45) is 0.596. The third-order valence-electron chi connectivity index (χ3n) is 16.5. The first-order chi connectivity index (χ1) is 44.1. The topological polar surface area (TPSA) is 310 Å². The number of benzene rings is 2. The lowest BCUT2D eigenvalue weighted by Crippen LogP contribution is -2.63. The third kappa shape index (κ3) is 21.6. The Morgan fingerprint density at radius 1 is 0.902 bits per heavy atom. The maximum Gasteiger partial charge on any atom is 0.409 e. The fourth-order valence-corrected chi connectivity index (χ4v) is 11.1. The molecule has 27 nitrogen and oxygen atoms in total. The molecule has 1 unspecified atom stereocenters. The molecule has 6 N–H and O–H groups in total. The van der Waals surface area contributed by atoms with E-state index in [-0.39, 0.29) is 69.6 Å². The number of carbonyl (C=O) groups excluding carboxylic acids is 6. The third-order valence-corrected chi connectivity index (χ3v) is 16.8. The van der Waals surface area contributed by atoms with Crippen LogP contribution in [-0.2, 0) is 90.9 Å². The lowest BCUT2D eigenvalue weighted by molar-refractivity contribution is -0.162. The molecule has 28 heteroatoms. The second-order valence-electron chi connectivity index (χ2n) is 23.1. The number of esters is 1. The fraction of sp³-hybridized carbons (Fsp3) is 0.625. The maximum atomic E-state index is 14.4. The SMILES string of the molecule is CNN(C)Cc1cc2ccccc2n1CCC(=O)N[C@@H](CO)C(=O)NCCOCCOCCOCCOCCOCCOCCC(=O)N(C)[C@@H](C)C(=O)O[C@H]1CC(=O)N(C)c2cc(cc(OC)c2Cl)C/C(C)=C/C=C/[C@@H](OC)[C@@]2(O)C[C@H](OC(=O)N2)[C@@H](C)C2O[C@]21C. The Morgan fingerprint density at radius 2 is 1.53 bits per heavy atom. The highest BCUT2D eigenvalue weighted by molar-refractivity contribution is 6.35. The van der Waals surface area contributed by atoms with Gasteiger partial charge in [0.25, 0.3) is 0 Å². The molecule has 2 saturated heterocycles. The number of aromatic nitrogens is 1. The van der Waals surface area contributed by atoms with Crippen LogP contribution in [0, 0.1) is 5.92 Å². The fourth-order valence-electron chi connectivity index (χ4n) is 10.8. The number of nitrogens with one attached hydrogen (secondary N) is 4. The van der Waals surface area contributed by atoms with Crippen LogP contribution in [-0.4, -0.2) is 243 Å². The molecule has 2 aromatic carbocycles. The predicted octanol–water partition coefficient (Wildman–Crippen LogP) is 3.21. The molecule has 0 saturated carbocycles. The number of hydrogen-bond donors (Lipinski definition) is 6. The number of halogens is 1. The van der Waals surface area contributed by atoms with E-state index in [9.17, 15) is 39.0 Å². The highest BCUT2D eigenvalue weighted by Gasteiger charge is 2.64. The molecule has 4 heterocycles. The molecule has 92 heavy (non-hydrogen) atoms. The van der Waals surface area contributed by atoms with E-state index in [1.165, 1.54) is 38.0 Å². The zero-order chi connectivity index (χ0) is 67.0. The number of likely N-dealkylation sites (N-methyl/N-ethyl adjacent to an activating group) is 1. The Bertz CT molecular complexity index is 2970. The highest BCUT2D eigenvalue weighted by atomic mass is 35.5. The number of nitrogens with zero attached hydrogens (tertiary/aromatic N) is 4. The molecule has 1 aromatic heterocycles. The van der Waals surface area contributed by atoms with Crippen LogP contribution in [0.5, 0.6) is 5.75 Å². The minimum atomic E-state index is -1.87. The highest BCUT2D eigenvalue weighted by Crippen LogP contribution is 2.49. The van der Waals surface area contributed by atoms with Crippen LogP contribution in [0.1, 0.15) is 64.6 Å². The smallest absolute Gasteiger partial charge is 0.409 e. The van der Waals surface area contributed by atoms with Gasteiger partial charge in [-0.25, -0.2) is 14.6 Å². The minimum Gasteiger partial charge on any atom is -0.495 e. The van der Waals surface area contributed by atoms with Gasteiger partial charge in [0.1, 0.15) is 46.8 Å². The van der Waals surface area contributed by atoms with Gasteiger partial charge in [-0.15, -0.1) is 0 Å². The number of allylic oxidation sites excluding steroid dienone is 3. The van der Waals surface area contributed by atoms with Crippen molar-refractivity contribution in [1.29, 1.82) is 0 Å². The number of epoxide rings is 1. The van der Waals surface area contributed by atoms with Gasteiger partial charge >= 0.3 is 12.1 Å². The van der Waals surface area contributed by atoms with E-state index in [1.54, 1.807) is 45.2 Å². The second kappa shape index (κ2) is 37.0. The molecule has 512 valence electrons. The van der Waals surface area contributed by atoms with Gasteiger partial charge < -0.3 is 87.3 Å². The second-order valence-corrected chi connectivity index (χ2v) is 23.5. The van der Waals surface area contributed by atoms with E-state index in [0.717, 1.165) is 27.7 Å². The van der Waals surface area contributed by atoms with Gasteiger partial charge in [0, 0.05) is 71.3 Å². The molecular formula is C64H95ClN8O19. The molecule has 5 amide bonds.